The van der Waals surface area contributed by atoms with Gasteiger partial charge in [-0.3, -0.25) is 4.84 Å². The van der Waals surface area contributed by atoms with Crippen molar-refractivity contribution in [2.24, 2.45) is 0 Å². The summed E-state index contributed by atoms with van der Waals surface area (Å²) in [5, 5.41) is 1.98. The molecule has 0 bridgehead atoms. The molecular weight excluding hydrogens is 294 g/mol. The van der Waals surface area contributed by atoms with Crippen LogP contribution in [-0.2, 0) is 14.3 Å². The maximum absolute atomic E-state index is 5.93. The fourth-order valence-electron chi connectivity index (χ4n) is 2.64. The molecular formula is C18H28NO4. The third-order valence-corrected chi connectivity index (χ3v) is 3.47. The van der Waals surface area contributed by atoms with E-state index in [0.29, 0.717) is 5.75 Å². The Morgan fingerprint density at radius 3 is 2.48 bits per heavy atom. The highest BCUT2D eigenvalue weighted by molar-refractivity contribution is 5.19. The highest BCUT2D eigenvalue weighted by atomic mass is 16.9. The Kier molecular flexibility index (Phi) is 6.84. The SMILES string of the molecule is CC(Oc1[c]cccc1)OC(C)OC(C)(C)ON1CCCCC1. The molecule has 0 aromatic heterocycles. The van der Waals surface area contributed by atoms with Crippen molar-refractivity contribution in [2.45, 2.75) is 65.3 Å². The Bertz CT molecular complexity index is 446. The van der Waals surface area contributed by atoms with E-state index in [2.05, 4.69) is 6.07 Å². The number of rotatable bonds is 8. The lowest BCUT2D eigenvalue weighted by Crippen LogP contribution is -2.43. The van der Waals surface area contributed by atoms with E-state index in [9.17, 15) is 0 Å². The zero-order valence-corrected chi connectivity index (χ0v) is 14.6. The van der Waals surface area contributed by atoms with Crippen molar-refractivity contribution in [3.63, 3.8) is 0 Å². The van der Waals surface area contributed by atoms with Crippen LogP contribution in [0.1, 0.15) is 47.0 Å². The summed E-state index contributed by atoms with van der Waals surface area (Å²) >= 11 is 0. The molecule has 2 unspecified atom stereocenters. The van der Waals surface area contributed by atoms with Crippen LogP contribution in [0.3, 0.4) is 0 Å². The van der Waals surface area contributed by atoms with Crippen molar-refractivity contribution in [3.05, 3.63) is 30.3 Å². The minimum Gasteiger partial charge on any atom is -0.465 e. The normalized spacial score (nSPS) is 19.3. The molecule has 2 atom stereocenters. The van der Waals surface area contributed by atoms with E-state index < -0.39 is 18.4 Å². The quantitative estimate of drug-likeness (QED) is 0.682. The summed E-state index contributed by atoms with van der Waals surface area (Å²) in [7, 11) is 0. The van der Waals surface area contributed by atoms with Crippen LogP contribution in [0.15, 0.2) is 24.3 Å². The minimum atomic E-state index is -0.741. The fraction of sp³-hybridized carbons (Fsp3) is 0.667. The molecule has 2 rings (SSSR count). The van der Waals surface area contributed by atoms with Gasteiger partial charge in [0.05, 0.1) is 0 Å². The first-order chi connectivity index (χ1) is 10.9. The standard InChI is InChI=1S/C18H28NO4/c1-15(21-17-11-7-5-8-12-17)20-16(2)22-18(3,4)23-19-13-9-6-10-14-19/h5,7-8,11,15-16H,6,9-10,13-14H2,1-4H3. The zero-order valence-electron chi connectivity index (χ0n) is 14.6. The molecule has 0 N–H and O–H groups in total. The van der Waals surface area contributed by atoms with Gasteiger partial charge in [-0.15, -0.1) is 0 Å². The smallest absolute Gasteiger partial charge is 0.199 e. The van der Waals surface area contributed by atoms with Gasteiger partial charge in [0, 0.05) is 19.2 Å². The van der Waals surface area contributed by atoms with Crippen LogP contribution in [0, 0.1) is 6.07 Å². The molecule has 1 saturated heterocycles. The van der Waals surface area contributed by atoms with Gasteiger partial charge in [0.25, 0.3) is 0 Å². The second-order valence-electron chi connectivity index (χ2n) is 6.21. The summed E-state index contributed by atoms with van der Waals surface area (Å²) in [4.78, 5) is 5.93. The van der Waals surface area contributed by atoms with E-state index in [1.807, 2.05) is 51.0 Å². The summed E-state index contributed by atoms with van der Waals surface area (Å²) in [5.74, 6) is -0.0916. The van der Waals surface area contributed by atoms with Gasteiger partial charge < -0.3 is 14.2 Å². The van der Waals surface area contributed by atoms with Crippen LogP contribution in [0.4, 0.5) is 0 Å². The van der Waals surface area contributed by atoms with E-state index in [1.54, 1.807) is 6.07 Å². The largest absolute Gasteiger partial charge is 0.465 e. The molecule has 5 nitrogen and oxygen atoms in total. The van der Waals surface area contributed by atoms with Crippen LogP contribution < -0.4 is 4.74 Å². The lowest BCUT2D eigenvalue weighted by molar-refractivity contribution is -0.376. The molecule has 1 fully saturated rings. The summed E-state index contributed by atoms with van der Waals surface area (Å²) in [6.07, 6.45) is 2.72. The van der Waals surface area contributed by atoms with Gasteiger partial charge in [-0.25, -0.2) is 0 Å². The number of hydroxylamine groups is 2. The summed E-state index contributed by atoms with van der Waals surface area (Å²) in [6, 6.07) is 10.4. The first-order valence-electron chi connectivity index (χ1n) is 8.35. The highest BCUT2D eigenvalue weighted by Crippen LogP contribution is 2.21. The van der Waals surface area contributed by atoms with Crippen LogP contribution in [0.2, 0.25) is 0 Å². The molecule has 0 saturated carbocycles. The van der Waals surface area contributed by atoms with Gasteiger partial charge in [0.2, 0.25) is 0 Å². The second kappa shape index (κ2) is 8.64. The Balaban J connectivity index is 1.74. The lowest BCUT2D eigenvalue weighted by Gasteiger charge is -2.36. The predicted octanol–water partition coefficient (Wildman–Crippen LogP) is 3.74. The van der Waals surface area contributed by atoms with Gasteiger partial charge in [-0.2, -0.15) is 5.06 Å². The molecule has 1 aromatic carbocycles. The van der Waals surface area contributed by atoms with Gasteiger partial charge in [-0.1, -0.05) is 24.6 Å². The monoisotopic (exact) mass is 322 g/mol. The maximum Gasteiger partial charge on any atom is 0.199 e. The molecule has 0 spiro atoms. The summed E-state index contributed by atoms with van der Waals surface area (Å²) < 4.78 is 17.2. The predicted molar refractivity (Wildman–Crippen MR) is 87.6 cm³/mol. The number of hydrogen-bond acceptors (Lipinski definition) is 5. The average molecular weight is 322 g/mol. The van der Waals surface area contributed by atoms with Crippen molar-refractivity contribution in [1.29, 1.82) is 0 Å². The van der Waals surface area contributed by atoms with E-state index in [-0.39, 0.29) is 0 Å². The third-order valence-electron chi connectivity index (χ3n) is 3.47. The van der Waals surface area contributed by atoms with E-state index in [4.69, 9.17) is 19.0 Å². The fourth-order valence-corrected chi connectivity index (χ4v) is 2.64. The minimum absolute atomic E-state index is 0.436. The summed E-state index contributed by atoms with van der Waals surface area (Å²) in [5.41, 5.74) is 0. The number of ether oxygens (including phenoxy) is 3. The number of benzene rings is 1. The number of nitrogens with zero attached hydrogens (tertiary/aromatic N) is 1. The van der Waals surface area contributed by atoms with Crippen LogP contribution >= 0.6 is 0 Å². The number of para-hydroxylation sites is 1. The Hall–Kier alpha value is -1.14. The molecule has 5 heteroatoms. The van der Waals surface area contributed by atoms with Crippen LogP contribution in [0.5, 0.6) is 5.75 Å². The molecule has 0 amide bonds. The molecule has 23 heavy (non-hydrogen) atoms. The molecule has 1 aliphatic heterocycles. The number of piperidine rings is 1. The van der Waals surface area contributed by atoms with Gasteiger partial charge >= 0.3 is 0 Å². The van der Waals surface area contributed by atoms with E-state index in [0.717, 1.165) is 13.1 Å². The third kappa shape index (κ3) is 6.87. The first-order valence-corrected chi connectivity index (χ1v) is 8.35. The molecule has 0 aliphatic carbocycles. The van der Waals surface area contributed by atoms with Gasteiger partial charge in [0.1, 0.15) is 5.75 Å². The Labute approximate surface area is 139 Å². The average Bonchev–Trinajstić information content (AvgIpc) is 2.47. The molecule has 1 radical (unpaired) electrons. The van der Waals surface area contributed by atoms with Crippen molar-refractivity contribution in [3.8, 4) is 5.75 Å². The highest BCUT2D eigenvalue weighted by Gasteiger charge is 2.28. The zero-order chi connectivity index (χ0) is 16.7. The Morgan fingerprint density at radius 2 is 1.83 bits per heavy atom. The van der Waals surface area contributed by atoms with E-state index in [1.165, 1.54) is 19.3 Å². The van der Waals surface area contributed by atoms with Crippen LogP contribution in [-0.4, -0.2) is 36.5 Å². The molecule has 1 aromatic rings. The topological polar surface area (TPSA) is 40.2 Å². The first kappa shape index (κ1) is 18.2. The lowest BCUT2D eigenvalue weighted by atomic mass is 10.2. The summed E-state index contributed by atoms with van der Waals surface area (Å²) in [6.45, 7) is 9.38. The maximum atomic E-state index is 5.93. The Morgan fingerprint density at radius 1 is 1.09 bits per heavy atom. The van der Waals surface area contributed by atoms with Crippen molar-refractivity contribution < 1.29 is 19.0 Å². The molecule has 1 aliphatic rings. The number of hydrogen-bond donors (Lipinski definition) is 0. The van der Waals surface area contributed by atoms with Crippen molar-refractivity contribution in [2.75, 3.05) is 13.1 Å². The van der Waals surface area contributed by atoms with Gasteiger partial charge in [-0.05, 0) is 46.6 Å². The molecule has 129 valence electrons. The van der Waals surface area contributed by atoms with Crippen LogP contribution in [0.25, 0.3) is 0 Å². The van der Waals surface area contributed by atoms with Crippen molar-refractivity contribution in [1.82, 2.24) is 5.06 Å². The molecule has 1 heterocycles. The van der Waals surface area contributed by atoms with Crippen molar-refractivity contribution >= 4 is 0 Å². The second-order valence-corrected chi connectivity index (χ2v) is 6.21. The van der Waals surface area contributed by atoms with E-state index >= 15 is 0 Å². The van der Waals surface area contributed by atoms with Gasteiger partial charge in [0.15, 0.2) is 18.4 Å².